The zero-order valence-corrected chi connectivity index (χ0v) is 15.7. The maximum atomic E-state index is 12.3. The minimum atomic E-state index is -3.54. The summed E-state index contributed by atoms with van der Waals surface area (Å²) in [4.78, 5) is 2.40. The molecular weight excluding hydrogens is 426 g/mol. The van der Waals surface area contributed by atoms with Crippen LogP contribution in [0.2, 0.25) is 0 Å². The Balaban J connectivity index is 2.24. The molecule has 0 amide bonds. The molecule has 0 spiro atoms. The molecule has 1 N–H and O–H groups in total. The van der Waals surface area contributed by atoms with Crippen LogP contribution in [0.5, 0.6) is 0 Å². The fourth-order valence-electron chi connectivity index (χ4n) is 1.66. The fourth-order valence-corrected chi connectivity index (χ4v) is 5.26. The quantitative estimate of drug-likeness (QED) is 0.770. The van der Waals surface area contributed by atoms with Crippen molar-refractivity contribution in [2.24, 2.45) is 0 Å². The first-order valence-electron chi connectivity index (χ1n) is 5.80. The molecule has 0 atom stereocenters. The largest absolute Gasteiger partial charge is 0.242 e. The van der Waals surface area contributed by atoms with E-state index in [1.54, 1.807) is 23.5 Å². The molecule has 20 heavy (non-hydrogen) atoms. The summed E-state index contributed by atoms with van der Waals surface area (Å²) in [6, 6.07) is 7.31. The zero-order valence-electron chi connectivity index (χ0n) is 10.9. The zero-order chi connectivity index (χ0) is 14.9. The van der Waals surface area contributed by atoms with Gasteiger partial charge >= 0.3 is 0 Å². The monoisotopic (exact) mass is 437 g/mol. The van der Waals surface area contributed by atoms with Gasteiger partial charge in [0.25, 0.3) is 0 Å². The van der Waals surface area contributed by atoms with Crippen molar-refractivity contribution in [1.82, 2.24) is 4.72 Å². The van der Waals surface area contributed by atoms with Gasteiger partial charge in [-0.3, -0.25) is 0 Å². The summed E-state index contributed by atoms with van der Waals surface area (Å²) in [5.74, 6) is 0. The van der Waals surface area contributed by atoms with E-state index in [9.17, 15) is 8.42 Å². The van der Waals surface area contributed by atoms with Crippen LogP contribution >= 0.6 is 43.2 Å². The third kappa shape index (κ3) is 3.71. The van der Waals surface area contributed by atoms with Crippen molar-refractivity contribution < 1.29 is 8.42 Å². The molecule has 0 radical (unpaired) electrons. The van der Waals surface area contributed by atoms with Gasteiger partial charge < -0.3 is 0 Å². The summed E-state index contributed by atoms with van der Waals surface area (Å²) in [6.07, 6.45) is 0. The van der Waals surface area contributed by atoms with Crippen molar-refractivity contribution >= 4 is 53.2 Å². The molecule has 2 rings (SSSR count). The van der Waals surface area contributed by atoms with E-state index >= 15 is 0 Å². The van der Waals surface area contributed by atoms with Crippen LogP contribution in [-0.4, -0.2) is 8.42 Å². The Labute approximate surface area is 139 Å². The van der Waals surface area contributed by atoms with E-state index in [0.717, 1.165) is 14.9 Å². The number of rotatable bonds is 4. The van der Waals surface area contributed by atoms with Crippen LogP contribution < -0.4 is 4.72 Å². The second-order valence-electron chi connectivity index (χ2n) is 4.37. The van der Waals surface area contributed by atoms with Crippen molar-refractivity contribution in [2.45, 2.75) is 25.3 Å². The summed E-state index contributed by atoms with van der Waals surface area (Å²) >= 11 is 8.26. The molecule has 1 heterocycles. The van der Waals surface area contributed by atoms with E-state index in [-0.39, 0.29) is 4.90 Å². The number of nitrogens with one attached hydrogen (secondary N) is 1. The molecule has 3 nitrogen and oxygen atoms in total. The van der Waals surface area contributed by atoms with Gasteiger partial charge in [0.15, 0.2) is 0 Å². The van der Waals surface area contributed by atoms with Crippen LogP contribution in [0.25, 0.3) is 0 Å². The molecular formula is C13H13Br2NO2S2. The Kier molecular flexibility index (Phi) is 5.07. The normalized spacial score (nSPS) is 11.8. The van der Waals surface area contributed by atoms with E-state index < -0.39 is 10.0 Å². The first-order valence-corrected chi connectivity index (χ1v) is 9.69. The van der Waals surface area contributed by atoms with Crippen LogP contribution in [0.1, 0.15) is 15.3 Å². The lowest BCUT2D eigenvalue weighted by atomic mass is 10.2. The van der Waals surface area contributed by atoms with Gasteiger partial charge in [-0.2, -0.15) is 0 Å². The average molecular weight is 439 g/mol. The number of halogens is 2. The van der Waals surface area contributed by atoms with Crippen LogP contribution in [0.15, 0.2) is 38.1 Å². The molecule has 0 saturated carbocycles. The van der Waals surface area contributed by atoms with Gasteiger partial charge in [-0.1, -0.05) is 15.9 Å². The summed E-state index contributed by atoms with van der Waals surface area (Å²) < 4.78 is 28.6. The average Bonchev–Trinajstić information content (AvgIpc) is 2.77. The Morgan fingerprint density at radius 1 is 1.15 bits per heavy atom. The molecule has 0 fully saturated rings. The molecule has 108 valence electrons. The number of hydrogen-bond donors (Lipinski definition) is 1. The standard InChI is InChI=1S/C13H13Br2NO2S2/c1-8-5-12(15)13(6-11(8)14)20(17,18)16-7-10-4-3-9(2)19-10/h3-6,16H,7H2,1-2H3. The van der Waals surface area contributed by atoms with Crippen LogP contribution in [0.4, 0.5) is 0 Å². The maximum absolute atomic E-state index is 12.3. The topological polar surface area (TPSA) is 46.2 Å². The van der Waals surface area contributed by atoms with Crippen molar-refractivity contribution in [3.05, 3.63) is 48.5 Å². The molecule has 1 aromatic carbocycles. The van der Waals surface area contributed by atoms with Gasteiger partial charge in [-0.15, -0.1) is 11.3 Å². The molecule has 1 aromatic heterocycles. The van der Waals surface area contributed by atoms with Crippen molar-refractivity contribution in [3.8, 4) is 0 Å². The van der Waals surface area contributed by atoms with Crippen molar-refractivity contribution in [2.75, 3.05) is 0 Å². The minimum absolute atomic E-state index is 0.239. The van der Waals surface area contributed by atoms with E-state index in [0.29, 0.717) is 11.0 Å². The molecule has 0 saturated heterocycles. The number of sulfonamides is 1. The van der Waals surface area contributed by atoms with Gasteiger partial charge in [-0.25, -0.2) is 13.1 Å². The summed E-state index contributed by atoms with van der Waals surface area (Å²) in [7, 11) is -3.54. The fraction of sp³-hybridized carbons (Fsp3) is 0.231. The molecule has 0 unspecified atom stereocenters. The Hall–Kier alpha value is -0.210. The van der Waals surface area contributed by atoms with Crippen LogP contribution in [-0.2, 0) is 16.6 Å². The molecule has 0 aliphatic rings. The molecule has 0 bridgehead atoms. The maximum Gasteiger partial charge on any atom is 0.242 e. The summed E-state index contributed by atoms with van der Waals surface area (Å²) in [5.41, 5.74) is 0.977. The second kappa shape index (κ2) is 6.27. The Morgan fingerprint density at radius 2 is 1.85 bits per heavy atom. The smallest absolute Gasteiger partial charge is 0.207 e. The highest BCUT2D eigenvalue weighted by atomic mass is 79.9. The lowest BCUT2D eigenvalue weighted by Gasteiger charge is -2.09. The van der Waals surface area contributed by atoms with Gasteiger partial charge in [0.05, 0.1) is 4.90 Å². The third-order valence-corrected chi connectivity index (χ3v) is 6.95. The molecule has 0 aliphatic heterocycles. The SMILES string of the molecule is Cc1ccc(CNS(=O)(=O)c2cc(Br)c(C)cc2Br)s1. The van der Waals surface area contributed by atoms with Crippen LogP contribution in [0, 0.1) is 13.8 Å². The summed E-state index contributed by atoms with van der Waals surface area (Å²) in [6.45, 7) is 4.21. The predicted octanol–water partition coefficient (Wildman–Crippen LogP) is 4.37. The number of benzene rings is 1. The van der Waals surface area contributed by atoms with Gasteiger partial charge in [0.2, 0.25) is 10.0 Å². The number of thiophene rings is 1. The lowest BCUT2D eigenvalue weighted by molar-refractivity contribution is 0.581. The molecule has 2 aromatic rings. The molecule has 0 aliphatic carbocycles. The van der Waals surface area contributed by atoms with Crippen LogP contribution in [0.3, 0.4) is 0 Å². The highest BCUT2D eigenvalue weighted by Crippen LogP contribution is 2.29. The van der Waals surface area contributed by atoms with Crippen molar-refractivity contribution in [3.63, 3.8) is 0 Å². The van der Waals surface area contributed by atoms with E-state index in [1.807, 2.05) is 26.0 Å². The van der Waals surface area contributed by atoms with Gasteiger partial charge in [0.1, 0.15) is 0 Å². The third-order valence-electron chi connectivity index (χ3n) is 2.74. The van der Waals surface area contributed by atoms with Gasteiger partial charge in [-0.05, 0) is 59.6 Å². The first kappa shape index (κ1) is 16.2. The lowest BCUT2D eigenvalue weighted by Crippen LogP contribution is -2.23. The number of aryl methyl sites for hydroxylation is 2. The second-order valence-corrected chi connectivity index (χ2v) is 9.19. The van der Waals surface area contributed by atoms with Crippen molar-refractivity contribution in [1.29, 1.82) is 0 Å². The Morgan fingerprint density at radius 3 is 2.45 bits per heavy atom. The molecule has 7 heteroatoms. The summed E-state index contributed by atoms with van der Waals surface area (Å²) in [5, 5.41) is 0. The highest BCUT2D eigenvalue weighted by Gasteiger charge is 2.19. The highest BCUT2D eigenvalue weighted by molar-refractivity contribution is 9.11. The van der Waals surface area contributed by atoms with E-state index in [4.69, 9.17) is 0 Å². The van der Waals surface area contributed by atoms with E-state index in [1.165, 1.54) is 4.88 Å². The van der Waals surface area contributed by atoms with Gasteiger partial charge in [0, 0.05) is 25.2 Å². The minimum Gasteiger partial charge on any atom is -0.207 e. The Bertz CT molecular complexity index is 739. The first-order chi connectivity index (χ1) is 9.29. The van der Waals surface area contributed by atoms with E-state index in [2.05, 4.69) is 36.6 Å². The number of hydrogen-bond acceptors (Lipinski definition) is 3. The predicted molar refractivity (Wildman–Crippen MR) is 89.7 cm³/mol.